The third-order valence-corrected chi connectivity index (χ3v) is 4.74. The number of aromatic nitrogens is 2. The molecule has 1 fully saturated rings. The van der Waals surface area contributed by atoms with E-state index < -0.39 is 0 Å². The molecule has 0 radical (unpaired) electrons. The summed E-state index contributed by atoms with van der Waals surface area (Å²) in [6.07, 6.45) is 4.08. The van der Waals surface area contributed by atoms with Crippen LogP contribution >= 0.6 is 27.5 Å². The molecule has 0 aromatic carbocycles. The van der Waals surface area contributed by atoms with Crippen LogP contribution in [0.4, 0.5) is 5.82 Å². The average molecular weight is 305 g/mol. The van der Waals surface area contributed by atoms with Crippen LogP contribution in [0.1, 0.15) is 26.7 Å². The summed E-state index contributed by atoms with van der Waals surface area (Å²) in [4.78, 5) is 8.08. The molecule has 5 heteroatoms. The molecule has 0 spiro atoms. The van der Waals surface area contributed by atoms with Gasteiger partial charge < -0.3 is 5.32 Å². The van der Waals surface area contributed by atoms with Crippen molar-refractivity contribution in [2.24, 2.45) is 11.3 Å². The van der Waals surface area contributed by atoms with Gasteiger partial charge in [0, 0.05) is 6.54 Å². The zero-order chi connectivity index (χ0) is 11.8. The Morgan fingerprint density at radius 2 is 2.19 bits per heavy atom. The molecular formula is C11H15BrClN3. The Morgan fingerprint density at radius 1 is 1.50 bits per heavy atom. The zero-order valence-electron chi connectivity index (χ0n) is 9.43. The third-order valence-electron chi connectivity index (χ3n) is 3.47. The van der Waals surface area contributed by atoms with Gasteiger partial charge in [-0.1, -0.05) is 25.4 Å². The van der Waals surface area contributed by atoms with E-state index in [9.17, 15) is 0 Å². The molecular weight excluding hydrogens is 289 g/mol. The maximum Gasteiger partial charge on any atom is 0.148 e. The molecule has 88 valence electrons. The summed E-state index contributed by atoms with van der Waals surface area (Å²) in [7, 11) is 0. The van der Waals surface area contributed by atoms with Gasteiger partial charge in [-0.25, -0.2) is 9.97 Å². The fraction of sp³-hybridized carbons (Fsp3) is 0.636. The van der Waals surface area contributed by atoms with E-state index in [1.165, 1.54) is 19.2 Å². The molecule has 0 amide bonds. The number of hydrogen-bond acceptors (Lipinski definition) is 3. The second kappa shape index (κ2) is 4.49. The topological polar surface area (TPSA) is 37.8 Å². The molecule has 0 saturated heterocycles. The molecule has 0 bridgehead atoms. The number of nitrogens with zero attached hydrogens (tertiary/aromatic N) is 2. The van der Waals surface area contributed by atoms with E-state index in [0.29, 0.717) is 16.5 Å². The molecule has 0 atom stereocenters. The Hall–Kier alpha value is -0.350. The Bertz CT molecular complexity index is 391. The standard InChI is InChI=1S/C11H15BrClN3/c1-7(2)11(3-4-11)5-14-10-8(12)9(13)15-6-16-10/h6-7H,3-5H2,1-2H3,(H,14,15,16). The fourth-order valence-electron chi connectivity index (χ4n) is 1.85. The average Bonchev–Trinajstić information content (AvgIpc) is 3.01. The van der Waals surface area contributed by atoms with Crippen LogP contribution in [0.2, 0.25) is 5.15 Å². The molecule has 1 aromatic rings. The zero-order valence-corrected chi connectivity index (χ0v) is 11.8. The number of anilines is 1. The van der Waals surface area contributed by atoms with Crippen LogP contribution in [0, 0.1) is 11.3 Å². The first kappa shape index (κ1) is 12.1. The highest BCUT2D eigenvalue weighted by molar-refractivity contribution is 9.10. The van der Waals surface area contributed by atoms with Crippen molar-refractivity contribution in [3.05, 3.63) is 16.0 Å². The minimum Gasteiger partial charge on any atom is -0.368 e. The van der Waals surface area contributed by atoms with Crippen molar-refractivity contribution in [2.75, 3.05) is 11.9 Å². The van der Waals surface area contributed by atoms with Gasteiger partial charge in [0.25, 0.3) is 0 Å². The van der Waals surface area contributed by atoms with E-state index in [4.69, 9.17) is 11.6 Å². The van der Waals surface area contributed by atoms with Gasteiger partial charge in [0.1, 0.15) is 17.3 Å². The molecule has 1 aliphatic carbocycles. The second-order valence-electron chi connectivity index (χ2n) is 4.70. The monoisotopic (exact) mass is 303 g/mol. The maximum atomic E-state index is 5.90. The Balaban J connectivity index is 2.03. The number of halogens is 2. The van der Waals surface area contributed by atoms with Crippen molar-refractivity contribution >= 4 is 33.3 Å². The van der Waals surface area contributed by atoms with Crippen molar-refractivity contribution in [1.29, 1.82) is 0 Å². The van der Waals surface area contributed by atoms with Crippen LogP contribution in [0.5, 0.6) is 0 Å². The van der Waals surface area contributed by atoms with E-state index in [-0.39, 0.29) is 0 Å². The number of nitrogens with one attached hydrogen (secondary N) is 1. The normalized spacial score (nSPS) is 17.6. The third kappa shape index (κ3) is 2.33. The predicted octanol–water partition coefficient (Wildman–Crippen LogP) is 3.74. The van der Waals surface area contributed by atoms with E-state index in [2.05, 4.69) is 45.1 Å². The van der Waals surface area contributed by atoms with Crippen molar-refractivity contribution in [2.45, 2.75) is 26.7 Å². The summed E-state index contributed by atoms with van der Waals surface area (Å²) in [5.41, 5.74) is 0.455. The molecule has 1 aromatic heterocycles. The summed E-state index contributed by atoms with van der Waals surface area (Å²) in [5.74, 6) is 1.49. The van der Waals surface area contributed by atoms with Crippen molar-refractivity contribution in [3.8, 4) is 0 Å². The first-order chi connectivity index (χ1) is 7.55. The minimum atomic E-state index is 0.451. The van der Waals surface area contributed by atoms with Gasteiger partial charge in [-0.3, -0.25) is 0 Å². The Morgan fingerprint density at radius 3 is 2.75 bits per heavy atom. The largest absolute Gasteiger partial charge is 0.368 e. The molecule has 16 heavy (non-hydrogen) atoms. The van der Waals surface area contributed by atoms with Gasteiger partial charge in [0.15, 0.2) is 0 Å². The smallest absolute Gasteiger partial charge is 0.148 e. The fourth-order valence-corrected chi connectivity index (χ4v) is 2.33. The van der Waals surface area contributed by atoms with E-state index in [1.54, 1.807) is 0 Å². The molecule has 1 saturated carbocycles. The predicted molar refractivity (Wildman–Crippen MR) is 69.7 cm³/mol. The van der Waals surface area contributed by atoms with Crippen molar-refractivity contribution in [3.63, 3.8) is 0 Å². The lowest BCUT2D eigenvalue weighted by Gasteiger charge is -2.20. The molecule has 1 N–H and O–H groups in total. The van der Waals surface area contributed by atoms with Crippen LogP contribution in [0.25, 0.3) is 0 Å². The summed E-state index contributed by atoms with van der Waals surface area (Å²) >= 11 is 9.29. The number of hydrogen-bond donors (Lipinski definition) is 1. The summed E-state index contributed by atoms with van der Waals surface area (Å²) in [5, 5.41) is 3.81. The van der Waals surface area contributed by atoms with Gasteiger partial charge in [-0.15, -0.1) is 0 Å². The SMILES string of the molecule is CC(C)C1(CNc2ncnc(Cl)c2Br)CC1. The van der Waals surface area contributed by atoms with Gasteiger partial charge in [0.2, 0.25) is 0 Å². The summed E-state index contributed by atoms with van der Waals surface area (Å²) in [6, 6.07) is 0. The highest BCUT2D eigenvalue weighted by atomic mass is 79.9. The molecule has 0 unspecified atom stereocenters. The first-order valence-electron chi connectivity index (χ1n) is 5.45. The van der Waals surface area contributed by atoms with Gasteiger partial charge in [-0.05, 0) is 40.1 Å². The lowest BCUT2D eigenvalue weighted by Crippen LogP contribution is -2.21. The van der Waals surface area contributed by atoms with Crippen LogP contribution in [-0.2, 0) is 0 Å². The van der Waals surface area contributed by atoms with Gasteiger partial charge in [0.05, 0.1) is 4.47 Å². The molecule has 1 heterocycles. The Labute approximate surface area is 109 Å². The van der Waals surface area contributed by atoms with Gasteiger partial charge in [-0.2, -0.15) is 0 Å². The first-order valence-corrected chi connectivity index (χ1v) is 6.62. The quantitative estimate of drug-likeness (QED) is 0.861. The molecule has 2 rings (SSSR count). The molecule has 3 nitrogen and oxygen atoms in total. The second-order valence-corrected chi connectivity index (χ2v) is 5.85. The van der Waals surface area contributed by atoms with Crippen LogP contribution in [0.3, 0.4) is 0 Å². The van der Waals surface area contributed by atoms with Crippen molar-refractivity contribution in [1.82, 2.24) is 9.97 Å². The van der Waals surface area contributed by atoms with Gasteiger partial charge >= 0.3 is 0 Å². The minimum absolute atomic E-state index is 0.451. The molecule has 0 aliphatic heterocycles. The van der Waals surface area contributed by atoms with Crippen LogP contribution < -0.4 is 5.32 Å². The van der Waals surface area contributed by atoms with E-state index >= 15 is 0 Å². The highest BCUT2D eigenvalue weighted by Gasteiger charge is 2.45. The maximum absolute atomic E-state index is 5.90. The van der Waals surface area contributed by atoms with Crippen LogP contribution in [-0.4, -0.2) is 16.5 Å². The Kier molecular flexibility index (Phi) is 3.40. The lowest BCUT2D eigenvalue weighted by molar-refractivity contribution is 0.380. The van der Waals surface area contributed by atoms with Crippen LogP contribution in [0.15, 0.2) is 10.8 Å². The van der Waals surface area contributed by atoms with E-state index in [1.807, 2.05) is 0 Å². The number of rotatable bonds is 4. The lowest BCUT2D eigenvalue weighted by atomic mass is 9.92. The molecule has 1 aliphatic rings. The highest BCUT2D eigenvalue weighted by Crippen LogP contribution is 2.51. The van der Waals surface area contributed by atoms with Crippen molar-refractivity contribution < 1.29 is 0 Å². The summed E-state index contributed by atoms with van der Waals surface area (Å²) < 4.78 is 0.747. The van der Waals surface area contributed by atoms with E-state index in [0.717, 1.165) is 16.8 Å². The summed E-state index contributed by atoms with van der Waals surface area (Å²) in [6.45, 7) is 5.50.